The molecule has 26 heavy (non-hydrogen) atoms. The molecule has 0 atom stereocenters. The molecule has 6 heteroatoms. The molecule has 140 valence electrons. The second kappa shape index (κ2) is 10.4. The molecule has 0 bridgehead atoms. The molecule has 0 aliphatic heterocycles. The number of nitrogens with one attached hydrogen (secondary N) is 1. The Hall–Kier alpha value is -2.57. The van der Waals surface area contributed by atoms with Crippen molar-refractivity contribution in [2.45, 2.75) is 6.42 Å². The van der Waals surface area contributed by atoms with Crippen LogP contribution in [0.1, 0.15) is 5.56 Å². The van der Waals surface area contributed by atoms with Gasteiger partial charge in [0.15, 0.2) is 0 Å². The highest BCUT2D eigenvalue weighted by atomic mass is 16.5. The average Bonchev–Trinajstić information content (AvgIpc) is 2.66. The minimum absolute atomic E-state index is 0.0955. The quantitative estimate of drug-likeness (QED) is 0.681. The van der Waals surface area contributed by atoms with Crippen LogP contribution in [0, 0.1) is 0 Å². The van der Waals surface area contributed by atoms with E-state index in [-0.39, 0.29) is 12.5 Å². The Kier molecular flexibility index (Phi) is 7.92. The molecule has 0 saturated heterocycles. The number of benzene rings is 2. The lowest BCUT2D eigenvalue weighted by molar-refractivity contribution is -0.117. The highest BCUT2D eigenvalue weighted by molar-refractivity contribution is 5.92. The molecule has 2 aromatic carbocycles. The van der Waals surface area contributed by atoms with Gasteiger partial charge in [-0.1, -0.05) is 30.3 Å². The van der Waals surface area contributed by atoms with Gasteiger partial charge in [-0.15, -0.1) is 0 Å². The van der Waals surface area contributed by atoms with Crippen molar-refractivity contribution in [1.29, 1.82) is 0 Å². The molecule has 2 aromatic rings. The first kappa shape index (κ1) is 19.8. The Morgan fingerprint density at radius 1 is 1.04 bits per heavy atom. The minimum atomic E-state index is -0.0955. The lowest BCUT2D eigenvalue weighted by Crippen LogP contribution is -2.38. The monoisotopic (exact) mass is 357 g/mol. The zero-order valence-electron chi connectivity index (χ0n) is 15.4. The second-order valence-electron chi connectivity index (χ2n) is 5.95. The van der Waals surface area contributed by atoms with Crippen molar-refractivity contribution < 1.29 is 14.3 Å². The first-order valence-corrected chi connectivity index (χ1v) is 8.64. The van der Waals surface area contributed by atoms with Gasteiger partial charge in [-0.25, -0.2) is 0 Å². The number of hydrogen-bond donors (Lipinski definition) is 2. The predicted molar refractivity (Wildman–Crippen MR) is 104 cm³/mol. The van der Waals surface area contributed by atoms with Crippen LogP contribution in [0.15, 0.2) is 48.5 Å². The highest BCUT2D eigenvalue weighted by Crippen LogP contribution is 2.25. The summed E-state index contributed by atoms with van der Waals surface area (Å²) in [6.45, 7) is 2.23. The van der Waals surface area contributed by atoms with E-state index in [4.69, 9.17) is 15.2 Å². The summed E-state index contributed by atoms with van der Waals surface area (Å²) in [6.07, 6.45) is 0.876. The number of carbonyl (C=O) groups excluding carboxylic acids is 1. The lowest BCUT2D eigenvalue weighted by Gasteiger charge is -2.21. The van der Waals surface area contributed by atoms with E-state index in [0.717, 1.165) is 13.0 Å². The van der Waals surface area contributed by atoms with Crippen LogP contribution in [0.2, 0.25) is 0 Å². The number of rotatable bonds is 10. The Balaban J connectivity index is 1.94. The fourth-order valence-electron chi connectivity index (χ4n) is 2.67. The summed E-state index contributed by atoms with van der Waals surface area (Å²) in [5.41, 5.74) is 7.58. The molecule has 0 aliphatic rings. The largest absolute Gasteiger partial charge is 0.497 e. The number of hydrogen-bond acceptors (Lipinski definition) is 5. The molecule has 1 amide bonds. The molecular formula is C20H27N3O3. The molecule has 0 unspecified atom stereocenters. The summed E-state index contributed by atoms with van der Waals surface area (Å²) in [5, 5.41) is 2.90. The van der Waals surface area contributed by atoms with Crippen molar-refractivity contribution in [2.24, 2.45) is 5.73 Å². The van der Waals surface area contributed by atoms with Crippen LogP contribution in [0.5, 0.6) is 11.5 Å². The highest BCUT2D eigenvalue weighted by Gasteiger charge is 2.12. The molecule has 0 aromatic heterocycles. The molecule has 0 aliphatic carbocycles. The van der Waals surface area contributed by atoms with Gasteiger partial charge in [-0.2, -0.15) is 0 Å². The van der Waals surface area contributed by atoms with Crippen LogP contribution in [-0.2, 0) is 11.2 Å². The Bertz CT molecular complexity index is 670. The molecule has 6 nitrogen and oxygen atoms in total. The smallest absolute Gasteiger partial charge is 0.238 e. The normalized spacial score (nSPS) is 10.6. The van der Waals surface area contributed by atoms with Gasteiger partial charge in [0.2, 0.25) is 5.91 Å². The Morgan fingerprint density at radius 2 is 1.69 bits per heavy atom. The van der Waals surface area contributed by atoms with Crippen molar-refractivity contribution in [1.82, 2.24) is 4.90 Å². The standard InChI is InChI=1S/C20H27N3O3/c1-25-18-12-17(13-19(14-18)26-2)22-20(24)15-23(11-9-21)10-8-16-6-4-3-5-7-16/h3-7,12-14H,8-11,15,21H2,1-2H3,(H,22,24). The van der Waals surface area contributed by atoms with E-state index in [2.05, 4.69) is 22.3 Å². The van der Waals surface area contributed by atoms with Crippen LogP contribution < -0.4 is 20.5 Å². The van der Waals surface area contributed by atoms with Crippen LogP contribution in [0.3, 0.4) is 0 Å². The SMILES string of the molecule is COc1cc(NC(=O)CN(CCN)CCc2ccccc2)cc(OC)c1. The number of amides is 1. The summed E-state index contributed by atoms with van der Waals surface area (Å²) in [6, 6.07) is 15.5. The van der Waals surface area contributed by atoms with Gasteiger partial charge in [0.1, 0.15) is 11.5 Å². The maximum atomic E-state index is 12.4. The van der Waals surface area contributed by atoms with E-state index >= 15 is 0 Å². The van der Waals surface area contributed by atoms with Crippen molar-refractivity contribution >= 4 is 11.6 Å². The molecular weight excluding hydrogens is 330 g/mol. The summed E-state index contributed by atoms with van der Waals surface area (Å²) in [7, 11) is 3.15. The van der Waals surface area contributed by atoms with Crippen LogP contribution in [0.25, 0.3) is 0 Å². The van der Waals surface area contributed by atoms with E-state index in [0.29, 0.717) is 30.3 Å². The van der Waals surface area contributed by atoms with E-state index in [1.165, 1.54) is 5.56 Å². The van der Waals surface area contributed by atoms with Gasteiger partial charge >= 0.3 is 0 Å². The first-order chi connectivity index (χ1) is 12.6. The fraction of sp³-hybridized carbons (Fsp3) is 0.350. The maximum absolute atomic E-state index is 12.4. The third-order valence-corrected chi connectivity index (χ3v) is 4.01. The van der Waals surface area contributed by atoms with Crippen LogP contribution in [0.4, 0.5) is 5.69 Å². The zero-order chi connectivity index (χ0) is 18.8. The lowest BCUT2D eigenvalue weighted by atomic mass is 10.1. The number of carbonyl (C=O) groups is 1. The zero-order valence-corrected chi connectivity index (χ0v) is 15.4. The average molecular weight is 357 g/mol. The first-order valence-electron chi connectivity index (χ1n) is 8.64. The topological polar surface area (TPSA) is 76.8 Å². The van der Waals surface area contributed by atoms with Crippen molar-refractivity contribution in [2.75, 3.05) is 45.7 Å². The second-order valence-corrected chi connectivity index (χ2v) is 5.95. The Labute approximate surface area is 154 Å². The van der Waals surface area contributed by atoms with Crippen molar-refractivity contribution in [3.05, 3.63) is 54.1 Å². The maximum Gasteiger partial charge on any atom is 0.238 e. The van der Waals surface area contributed by atoms with Crippen LogP contribution >= 0.6 is 0 Å². The van der Waals surface area contributed by atoms with E-state index in [1.807, 2.05) is 18.2 Å². The van der Waals surface area contributed by atoms with Gasteiger partial charge in [-0.05, 0) is 12.0 Å². The minimum Gasteiger partial charge on any atom is -0.497 e. The molecule has 0 spiro atoms. The van der Waals surface area contributed by atoms with Gasteiger partial charge in [0.05, 0.1) is 20.8 Å². The van der Waals surface area contributed by atoms with E-state index in [9.17, 15) is 4.79 Å². The van der Waals surface area contributed by atoms with Gasteiger partial charge < -0.3 is 20.5 Å². The summed E-state index contributed by atoms with van der Waals surface area (Å²) in [5.74, 6) is 1.16. The predicted octanol–water partition coefficient (Wildman–Crippen LogP) is 2.15. The number of nitrogens with two attached hydrogens (primary N) is 1. The fourth-order valence-corrected chi connectivity index (χ4v) is 2.67. The van der Waals surface area contributed by atoms with Gasteiger partial charge in [0.25, 0.3) is 0 Å². The van der Waals surface area contributed by atoms with Crippen LogP contribution in [-0.4, -0.2) is 51.2 Å². The molecule has 0 fully saturated rings. The molecule has 0 saturated carbocycles. The van der Waals surface area contributed by atoms with E-state index < -0.39 is 0 Å². The molecule has 2 rings (SSSR count). The number of anilines is 1. The van der Waals surface area contributed by atoms with E-state index in [1.54, 1.807) is 32.4 Å². The third-order valence-electron chi connectivity index (χ3n) is 4.01. The molecule has 0 heterocycles. The third kappa shape index (κ3) is 6.38. The number of methoxy groups -OCH3 is 2. The van der Waals surface area contributed by atoms with Gasteiger partial charge in [-0.3, -0.25) is 9.69 Å². The summed E-state index contributed by atoms with van der Waals surface area (Å²) < 4.78 is 10.5. The summed E-state index contributed by atoms with van der Waals surface area (Å²) in [4.78, 5) is 14.5. The van der Waals surface area contributed by atoms with Crippen molar-refractivity contribution in [3.63, 3.8) is 0 Å². The molecule has 3 N–H and O–H groups in total. The number of nitrogens with zero attached hydrogens (tertiary/aromatic N) is 1. The number of ether oxygens (including phenoxy) is 2. The van der Waals surface area contributed by atoms with Crippen molar-refractivity contribution in [3.8, 4) is 11.5 Å². The summed E-state index contributed by atoms with van der Waals surface area (Å²) >= 11 is 0. The molecule has 0 radical (unpaired) electrons. The van der Waals surface area contributed by atoms with Gasteiger partial charge in [0, 0.05) is 43.5 Å². The Morgan fingerprint density at radius 3 is 2.27 bits per heavy atom.